The highest BCUT2D eigenvalue weighted by Crippen LogP contribution is 2.70. The van der Waals surface area contributed by atoms with E-state index in [2.05, 4.69) is 6.92 Å². The summed E-state index contributed by atoms with van der Waals surface area (Å²) in [7, 11) is 0. The van der Waals surface area contributed by atoms with Gasteiger partial charge >= 0.3 is 0 Å². The van der Waals surface area contributed by atoms with Gasteiger partial charge in [0.1, 0.15) is 134 Å². The SMILES string of the molecule is C[C@@H](CC[C@@]1(O)O[C@H]2C[C@H]3[C@@H]4CC[C@H]5C[C@@H](O[C@@H]6O[C@H](CO)[C@H](O[C@@H]7O[C@H](CO)[C@@H](O)[C@H](O[C@@H]8OC[C@@H](O)[C@H](O)[C@H]8O)[C@H]7O[C@@H]7OC[C@@H](O)[C@H](O)[C@H]7O)[C@H](O)[C@H]6O[C@@H]6O[C@@H](C)[C@H](O)[C@@H](O)[C@H]6O)CC[C@]5(C)[C@H]4CC(=O)[C@]3(C)[C@H]2[C@@H]1C)CO[C@@H]1O[C@H](CO)[C@@H](O)[C@H](O)[C@H]1O. The maximum Gasteiger partial charge on any atom is 0.187 e. The van der Waals surface area contributed by atoms with Gasteiger partial charge < -0.3 is 153 Å². The Kier molecular flexibility index (Phi) is 22.5. The molecule has 7 heterocycles. The first-order chi connectivity index (χ1) is 44.0. The molecule has 32 nitrogen and oxygen atoms in total. The van der Waals surface area contributed by atoms with Crippen molar-refractivity contribution >= 4 is 5.78 Å². The molecule has 7 aliphatic heterocycles. The number of hydrogen-bond donors (Lipinski definition) is 18. The molecule has 4 saturated carbocycles. The fourth-order valence-electron chi connectivity index (χ4n) is 17.6. The summed E-state index contributed by atoms with van der Waals surface area (Å²) in [6, 6.07) is 0. The van der Waals surface area contributed by atoms with Crippen molar-refractivity contribution in [2.45, 2.75) is 282 Å². The zero-order valence-corrected chi connectivity index (χ0v) is 52.7. The van der Waals surface area contributed by atoms with Crippen LogP contribution in [0.25, 0.3) is 0 Å². The van der Waals surface area contributed by atoms with Gasteiger partial charge in [0.05, 0.1) is 58.0 Å². The number of fused-ring (bicyclic) bond motifs is 7. The van der Waals surface area contributed by atoms with Crippen molar-refractivity contribution in [3.05, 3.63) is 0 Å². The second-order valence-electron chi connectivity index (χ2n) is 28.8. The van der Waals surface area contributed by atoms with Gasteiger partial charge in [-0.25, -0.2) is 0 Å². The lowest BCUT2D eigenvalue weighted by molar-refractivity contribution is -0.408. The Bertz CT molecular complexity index is 2480. The van der Waals surface area contributed by atoms with Crippen LogP contribution in [-0.4, -0.2) is 327 Å². The molecule has 0 spiro atoms. The van der Waals surface area contributed by atoms with E-state index in [1.807, 2.05) is 20.8 Å². The maximum atomic E-state index is 15.0. The minimum absolute atomic E-state index is 0.00902. The Labute approximate surface area is 537 Å². The molecule has 7 saturated heterocycles. The molecule has 40 atom stereocenters. The summed E-state index contributed by atoms with van der Waals surface area (Å²) < 4.78 is 78.9. The molecule has 11 aliphatic rings. The first kappa shape index (κ1) is 72.7. The van der Waals surface area contributed by atoms with Crippen LogP contribution in [0.15, 0.2) is 0 Å². The quantitative estimate of drug-likeness (QED) is 0.0535. The van der Waals surface area contributed by atoms with Gasteiger partial charge in [0, 0.05) is 30.1 Å². The Hall–Kier alpha value is -1.57. The Morgan fingerprint density at radius 2 is 1.09 bits per heavy atom. The highest BCUT2D eigenvalue weighted by molar-refractivity contribution is 5.87. The van der Waals surface area contributed by atoms with Gasteiger partial charge in [-0.15, -0.1) is 0 Å². The number of carbonyl (C=O) groups is 1. The predicted molar refractivity (Wildman–Crippen MR) is 304 cm³/mol. The third-order valence-electron chi connectivity index (χ3n) is 23.4. The molecule has 32 heteroatoms. The minimum atomic E-state index is -2.00. The first-order valence-corrected chi connectivity index (χ1v) is 33.0. The number of hydrogen-bond acceptors (Lipinski definition) is 32. The summed E-state index contributed by atoms with van der Waals surface area (Å²) in [5.74, 6) is -2.15. The largest absolute Gasteiger partial charge is 0.394 e. The van der Waals surface area contributed by atoms with Gasteiger partial charge in [-0.05, 0) is 86.9 Å². The summed E-state index contributed by atoms with van der Waals surface area (Å²) in [6.07, 6.45) is -44.1. The second-order valence-corrected chi connectivity index (χ2v) is 28.8. The highest BCUT2D eigenvalue weighted by Gasteiger charge is 2.71. The molecule has 0 aromatic heterocycles. The van der Waals surface area contributed by atoms with E-state index >= 15 is 4.79 Å². The average molecular weight is 1350 g/mol. The van der Waals surface area contributed by atoms with Crippen LogP contribution in [0, 0.1) is 52.3 Å². The molecule has 0 unspecified atom stereocenters. The zero-order valence-electron chi connectivity index (χ0n) is 52.7. The molecule has 0 aromatic rings. The van der Waals surface area contributed by atoms with E-state index in [0.29, 0.717) is 38.5 Å². The Morgan fingerprint density at radius 1 is 0.538 bits per heavy atom. The number of aliphatic hydroxyl groups excluding tert-OH is 17. The highest BCUT2D eigenvalue weighted by atomic mass is 16.8. The number of ether oxygens (including phenoxy) is 13. The average Bonchev–Trinajstić information content (AvgIpc) is 1.56. The summed E-state index contributed by atoms with van der Waals surface area (Å²) in [4.78, 5) is 15.0. The number of Topliss-reactive ketones (excluding diaryl/α,β-unsaturated/α-hetero) is 1. The molecule has 18 N–H and O–H groups in total. The molecular formula is C61H100O32. The number of carbonyl (C=O) groups excluding carboxylic acids is 1. The topological polar surface area (TPSA) is 501 Å². The summed E-state index contributed by atoms with van der Waals surface area (Å²) in [6.45, 7) is 5.98. The maximum absolute atomic E-state index is 15.0. The van der Waals surface area contributed by atoms with Crippen LogP contribution < -0.4 is 0 Å². The number of aliphatic hydroxyl groups is 18. The van der Waals surface area contributed by atoms with E-state index in [4.69, 9.17) is 61.6 Å². The van der Waals surface area contributed by atoms with E-state index in [1.54, 1.807) is 0 Å². The molecule has 11 rings (SSSR count). The van der Waals surface area contributed by atoms with Crippen LogP contribution in [0.3, 0.4) is 0 Å². The lowest BCUT2D eigenvalue weighted by atomic mass is 9.44. The molecule has 0 amide bonds. The molecule has 0 aromatic carbocycles. The standard InChI is InChI=1S/C61H100O32/c1-21(18-81-53-46(77)43(74)40(71)32(15-62)86-53)8-11-61(80)22(2)36-31(93-61)13-28-26-7-6-24-12-25(9-10-59(24,4)27(26)14-35(67)60(28,36)5)85-57-51(91-56-47(78)42(73)37(68)23(3)84-56)48(79)49(34(17-64)88-57)89-58-52(92-55-45(76)39(70)30(66)20-83-55)50(41(72)33(16-63)87-58)90-54-44(75)38(69)29(65)19-82-54/h21-34,36-58,62-66,68-80H,6-20H2,1-5H3/t21-,22-,23-,24-,25-,26+,27-,28-,29+,30+,31-,32+,33+,34+,36-,37-,38-,39-,40+,41+,42+,43-,44+,45+,46+,47+,48-,49-,50-,51+,52+,53+,54-,55-,56-,57+,58-,59-,60+,61+/m0/s1. The summed E-state index contributed by atoms with van der Waals surface area (Å²) in [5.41, 5.74) is -1.13. The molecule has 0 radical (unpaired) electrons. The van der Waals surface area contributed by atoms with Crippen molar-refractivity contribution in [3.8, 4) is 0 Å². The van der Waals surface area contributed by atoms with Crippen molar-refractivity contribution in [1.82, 2.24) is 0 Å². The van der Waals surface area contributed by atoms with Crippen molar-refractivity contribution in [1.29, 1.82) is 0 Å². The van der Waals surface area contributed by atoms with Crippen LogP contribution >= 0.6 is 0 Å². The van der Waals surface area contributed by atoms with Gasteiger partial charge in [-0.2, -0.15) is 0 Å². The third-order valence-corrected chi connectivity index (χ3v) is 23.4. The third kappa shape index (κ3) is 13.4. The molecule has 536 valence electrons. The van der Waals surface area contributed by atoms with Crippen LogP contribution in [0.4, 0.5) is 0 Å². The van der Waals surface area contributed by atoms with Crippen LogP contribution in [-0.2, 0) is 66.4 Å². The second kappa shape index (κ2) is 28.8. The molecular weight excluding hydrogens is 1240 g/mol. The van der Waals surface area contributed by atoms with Crippen LogP contribution in [0.1, 0.15) is 92.4 Å². The normalized spacial score (nSPS) is 55.4. The molecule has 4 aliphatic carbocycles. The van der Waals surface area contributed by atoms with E-state index in [9.17, 15) is 91.9 Å². The fourth-order valence-corrected chi connectivity index (χ4v) is 17.6. The smallest absolute Gasteiger partial charge is 0.187 e. The molecule has 11 fully saturated rings. The van der Waals surface area contributed by atoms with Crippen molar-refractivity contribution in [2.24, 2.45) is 52.3 Å². The summed E-state index contributed by atoms with van der Waals surface area (Å²) >= 11 is 0. The van der Waals surface area contributed by atoms with E-state index in [1.165, 1.54) is 6.92 Å². The van der Waals surface area contributed by atoms with Gasteiger partial charge in [-0.1, -0.05) is 27.7 Å². The Morgan fingerprint density at radius 3 is 1.73 bits per heavy atom. The molecule has 0 bridgehead atoms. The van der Waals surface area contributed by atoms with Crippen LogP contribution in [0.5, 0.6) is 0 Å². The van der Waals surface area contributed by atoms with Crippen LogP contribution in [0.2, 0.25) is 0 Å². The summed E-state index contributed by atoms with van der Waals surface area (Å²) in [5, 5.41) is 195. The first-order valence-electron chi connectivity index (χ1n) is 33.0. The zero-order chi connectivity index (χ0) is 67.2. The lowest BCUT2D eigenvalue weighted by Crippen LogP contribution is -2.68. The monoisotopic (exact) mass is 1340 g/mol. The van der Waals surface area contributed by atoms with Gasteiger partial charge in [0.2, 0.25) is 0 Å². The van der Waals surface area contributed by atoms with Crippen molar-refractivity contribution in [2.75, 3.05) is 39.6 Å². The molecule has 93 heavy (non-hydrogen) atoms. The van der Waals surface area contributed by atoms with Crippen molar-refractivity contribution < 1.29 is 158 Å². The number of rotatable bonds is 19. The minimum Gasteiger partial charge on any atom is -0.394 e. The predicted octanol–water partition coefficient (Wildman–Crippen LogP) is -6.82. The van der Waals surface area contributed by atoms with Gasteiger partial charge in [0.15, 0.2) is 43.5 Å². The van der Waals surface area contributed by atoms with E-state index in [-0.39, 0.29) is 65.8 Å². The van der Waals surface area contributed by atoms with Gasteiger partial charge in [-0.3, -0.25) is 4.79 Å². The fraction of sp³-hybridized carbons (Fsp3) is 0.984. The van der Waals surface area contributed by atoms with Gasteiger partial charge in [0.25, 0.3) is 0 Å². The van der Waals surface area contributed by atoms with E-state index in [0.717, 1.165) is 12.8 Å². The number of ketones is 1. The van der Waals surface area contributed by atoms with Crippen molar-refractivity contribution in [3.63, 3.8) is 0 Å². The lowest BCUT2D eigenvalue weighted by Gasteiger charge is -2.60. The van der Waals surface area contributed by atoms with E-state index < -0.39 is 228 Å². The Balaban J connectivity index is 0.782.